The zero-order valence-electron chi connectivity index (χ0n) is 19.0. The van der Waals surface area contributed by atoms with Gasteiger partial charge in [0.05, 0.1) is 12.7 Å². The third-order valence-corrected chi connectivity index (χ3v) is 6.31. The molecule has 0 bridgehead atoms. The molecule has 0 saturated heterocycles. The first-order chi connectivity index (χ1) is 15.6. The minimum Gasteiger partial charge on any atom is -0.495 e. The predicted molar refractivity (Wildman–Crippen MR) is 125 cm³/mol. The first-order valence-electron chi connectivity index (χ1n) is 11.3. The Morgan fingerprint density at radius 3 is 2.69 bits per heavy atom. The van der Waals surface area contributed by atoms with Crippen LogP contribution in [0.1, 0.15) is 68.4 Å². The van der Waals surface area contributed by atoms with Crippen molar-refractivity contribution in [1.82, 2.24) is 9.97 Å². The van der Waals surface area contributed by atoms with Gasteiger partial charge in [-0.25, -0.2) is 9.97 Å². The maximum Gasteiger partial charge on any atom is 0.197 e. The standard InChI is InChI=1S/C26H30N4O2/c1-17(2)26-30-23(16-32-26)21-10-11-28-25(13-21)29-15-18-4-6-19(7-5-18)20-8-9-24(31-3)22(12-20)14-27/h8-13,16-19H,4-7,15H2,1-3H3,(H,28,29). The summed E-state index contributed by atoms with van der Waals surface area (Å²) in [6.45, 7) is 5.05. The van der Waals surface area contributed by atoms with Crippen LogP contribution >= 0.6 is 0 Å². The number of rotatable bonds is 7. The molecule has 0 radical (unpaired) electrons. The number of nitrogens with zero attached hydrogens (tertiary/aromatic N) is 3. The monoisotopic (exact) mass is 430 g/mol. The molecule has 166 valence electrons. The first-order valence-corrected chi connectivity index (χ1v) is 11.3. The number of pyridine rings is 1. The number of aromatic nitrogens is 2. The molecule has 6 heteroatoms. The van der Waals surface area contributed by atoms with E-state index in [1.165, 1.54) is 5.56 Å². The van der Waals surface area contributed by atoms with Crippen LogP contribution in [0.5, 0.6) is 5.75 Å². The summed E-state index contributed by atoms with van der Waals surface area (Å²) in [6.07, 6.45) is 8.11. The molecule has 0 amide bonds. The van der Waals surface area contributed by atoms with Crippen LogP contribution in [0.15, 0.2) is 47.2 Å². The summed E-state index contributed by atoms with van der Waals surface area (Å²) in [5.74, 6) is 3.66. The predicted octanol–water partition coefficient (Wildman–Crippen LogP) is 6.13. The maximum absolute atomic E-state index is 9.36. The van der Waals surface area contributed by atoms with Gasteiger partial charge in [0.15, 0.2) is 5.89 Å². The molecular formula is C26H30N4O2. The van der Waals surface area contributed by atoms with Gasteiger partial charge in [0.25, 0.3) is 0 Å². The van der Waals surface area contributed by atoms with Crippen LogP contribution in [0, 0.1) is 17.2 Å². The molecule has 0 atom stereocenters. The number of ether oxygens (including phenoxy) is 1. The lowest BCUT2D eigenvalue weighted by atomic mass is 9.78. The molecule has 2 heterocycles. The normalized spacial score (nSPS) is 18.3. The van der Waals surface area contributed by atoms with Crippen molar-refractivity contribution >= 4 is 5.82 Å². The van der Waals surface area contributed by atoms with Crippen molar-refractivity contribution in [1.29, 1.82) is 5.26 Å². The van der Waals surface area contributed by atoms with Gasteiger partial charge in [-0.3, -0.25) is 0 Å². The molecule has 0 aliphatic heterocycles. The van der Waals surface area contributed by atoms with Crippen molar-refractivity contribution < 1.29 is 9.15 Å². The summed E-state index contributed by atoms with van der Waals surface area (Å²) in [5.41, 5.74) is 3.72. The zero-order valence-corrected chi connectivity index (χ0v) is 19.0. The average molecular weight is 431 g/mol. The summed E-state index contributed by atoms with van der Waals surface area (Å²) in [4.78, 5) is 9.06. The zero-order chi connectivity index (χ0) is 22.5. The van der Waals surface area contributed by atoms with Gasteiger partial charge in [0.2, 0.25) is 0 Å². The van der Waals surface area contributed by atoms with Gasteiger partial charge in [-0.05, 0) is 67.3 Å². The fraction of sp³-hybridized carbons (Fsp3) is 0.423. The van der Waals surface area contributed by atoms with Gasteiger partial charge in [0.1, 0.15) is 29.6 Å². The van der Waals surface area contributed by atoms with E-state index in [-0.39, 0.29) is 5.92 Å². The Morgan fingerprint density at radius 1 is 1.19 bits per heavy atom. The van der Waals surface area contributed by atoms with Crippen molar-refractivity contribution in [2.45, 2.75) is 51.4 Å². The van der Waals surface area contributed by atoms with Crippen molar-refractivity contribution in [2.75, 3.05) is 19.0 Å². The highest BCUT2D eigenvalue weighted by Crippen LogP contribution is 2.37. The van der Waals surface area contributed by atoms with Gasteiger partial charge in [-0.15, -0.1) is 0 Å². The summed E-state index contributed by atoms with van der Waals surface area (Å²) >= 11 is 0. The number of oxazole rings is 1. The second-order valence-corrected chi connectivity index (χ2v) is 8.83. The Kier molecular flexibility index (Phi) is 6.75. The highest BCUT2D eigenvalue weighted by atomic mass is 16.5. The number of benzene rings is 1. The first kappa shape index (κ1) is 21.9. The molecular weight excluding hydrogens is 400 g/mol. The molecule has 2 aromatic heterocycles. The number of methoxy groups -OCH3 is 1. The quantitative estimate of drug-likeness (QED) is 0.486. The molecule has 6 nitrogen and oxygen atoms in total. The molecule has 0 spiro atoms. The Labute approximate surface area is 189 Å². The van der Waals surface area contributed by atoms with Gasteiger partial charge < -0.3 is 14.5 Å². The fourth-order valence-electron chi connectivity index (χ4n) is 4.39. The molecule has 1 aliphatic rings. The molecule has 4 rings (SSSR count). The number of nitriles is 1. The van der Waals surface area contributed by atoms with Gasteiger partial charge in [-0.1, -0.05) is 19.9 Å². The Morgan fingerprint density at radius 2 is 2.00 bits per heavy atom. The molecule has 1 aliphatic carbocycles. The maximum atomic E-state index is 9.36. The van der Waals surface area contributed by atoms with E-state index in [0.717, 1.165) is 55.2 Å². The third-order valence-electron chi connectivity index (χ3n) is 6.31. The van der Waals surface area contributed by atoms with E-state index in [4.69, 9.17) is 9.15 Å². The second kappa shape index (κ2) is 9.86. The van der Waals surface area contributed by atoms with Crippen LogP contribution in [0.4, 0.5) is 5.82 Å². The van der Waals surface area contributed by atoms with E-state index in [1.807, 2.05) is 30.5 Å². The van der Waals surface area contributed by atoms with E-state index in [1.54, 1.807) is 13.4 Å². The number of anilines is 1. The highest BCUT2D eigenvalue weighted by Gasteiger charge is 2.23. The molecule has 1 saturated carbocycles. The number of hydrogen-bond donors (Lipinski definition) is 1. The third kappa shape index (κ3) is 4.94. The van der Waals surface area contributed by atoms with Crippen molar-refractivity contribution in [3.63, 3.8) is 0 Å². The Hall–Kier alpha value is -3.33. The largest absolute Gasteiger partial charge is 0.495 e. The highest BCUT2D eigenvalue weighted by molar-refractivity contribution is 5.61. The van der Waals surface area contributed by atoms with E-state index < -0.39 is 0 Å². The van der Waals surface area contributed by atoms with Crippen molar-refractivity contribution in [3.05, 3.63) is 59.8 Å². The van der Waals surface area contributed by atoms with Crippen LogP contribution in [0.25, 0.3) is 11.3 Å². The van der Waals surface area contributed by atoms with Crippen molar-refractivity contribution in [3.8, 4) is 23.1 Å². The fourth-order valence-corrected chi connectivity index (χ4v) is 4.39. The molecule has 1 fully saturated rings. The van der Waals surface area contributed by atoms with Gasteiger partial charge in [0, 0.05) is 24.2 Å². The topological polar surface area (TPSA) is 84.0 Å². The van der Waals surface area contributed by atoms with Crippen LogP contribution in [0.2, 0.25) is 0 Å². The summed E-state index contributed by atoms with van der Waals surface area (Å²) in [7, 11) is 1.60. The van der Waals surface area contributed by atoms with E-state index in [0.29, 0.717) is 23.1 Å². The van der Waals surface area contributed by atoms with E-state index in [9.17, 15) is 5.26 Å². The summed E-state index contributed by atoms with van der Waals surface area (Å²) < 4.78 is 10.8. The Bertz CT molecular complexity index is 1090. The van der Waals surface area contributed by atoms with Gasteiger partial charge in [-0.2, -0.15) is 5.26 Å². The number of hydrogen-bond acceptors (Lipinski definition) is 6. The molecule has 32 heavy (non-hydrogen) atoms. The molecule has 1 aromatic carbocycles. The molecule has 1 N–H and O–H groups in total. The SMILES string of the molecule is COc1ccc(C2CCC(CNc3cc(-c4coc(C(C)C)n4)ccn3)CC2)cc1C#N. The van der Waals surface area contributed by atoms with Crippen LogP contribution in [-0.2, 0) is 0 Å². The lowest BCUT2D eigenvalue weighted by Gasteiger charge is -2.29. The van der Waals surface area contributed by atoms with Crippen LogP contribution < -0.4 is 10.1 Å². The van der Waals surface area contributed by atoms with Crippen molar-refractivity contribution in [2.24, 2.45) is 5.92 Å². The Balaban J connectivity index is 1.32. The summed E-state index contributed by atoms with van der Waals surface area (Å²) in [5, 5.41) is 12.9. The second-order valence-electron chi connectivity index (χ2n) is 8.83. The summed E-state index contributed by atoms with van der Waals surface area (Å²) in [6, 6.07) is 12.3. The number of nitrogens with one attached hydrogen (secondary N) is 1. The molecule has 3 aromatic rings. The van der Waals surface area contributed by atoms with E-state index >= 15 is 0 Å². The smallest absolute Gasteiger partial charge is 0.197 e. The van der Waals surface area contributed by atoms with Gasteiger partial charge >= 0.3 is 0 Å². The van der Waals surface area contributed by atoms with Crippen LogP contribution in [-0.4, -0.2) is 23.6 Å². The van der Waals surface area contributed by atoms with Crippen LogP contribution in [0.3, 0.4) is 0 Å². The lowest BCUT2D eigenvalue weighted by molar-refractivity contribution is 0.338. The molecule has 0 unspecified atom stereocenters. The lowest BCUT2D eigenvalue weighted by Crippen LogP contribution is -2.21. The average Bonchev–Trinajstić information content (AvgIpc) is 3.34. The minimum absolute atomic E-state index is 0.266. The van der Waals surface area contributed by atoms with E-state index in [2.05, 4.69) is 41.3 Å². The minimum atomic E-state index is 0.266.